The molecule has 4 nitrogen and oxygen atoms in total. The summed E-state index contributed by atoms with van der Waals surface area (Å²) in [4.78, 5) is 17.3. The second kappa shape index (κ2) is 7.10. The van der Waals surface area contributed by atoms with Gasteiger partial charge in [-0.2, -0.15) is 0 Å². The van der Waals surface area contributed by atoms with E-state index in [0.717, 1.165) is 19.5 Å². The van der Waals surface area contributed by atoms with E-state index in [0.29, 0.717) is 23.7 Å². The first kappa shape index (κ1) is 16.8. The molecule has 4 heteroatoms. The maximum atomic E-state index is 12.8. The molecule has 2 fully saturated rings. The summed E-state index contributed by atoms with van der Waals surface area (Å²) in [5.74, 6) is 1.98. The van der Waals surface area contributed by atoms with Gasteiger partial charge in [0.1, 0.15) is 0 Å². The van der Waals surface area contributed by atoms with Gasteiger partial charge in [-0.1, -0.05) is 27.7 Å². The lowest BCUT2D eigenvalue weighted by Crippen LogP contribution is -2.46. The molecule has 0 aromatic heterocycles. The maximum absolute atomic E-state index is 12.8. The molecule has 3 unspecified atom stereocenters. The fraction of sp³-hybridized carbons (Fsp3) is 0.941. The Morgan fingerprint density at radius 2 is 2.00 bits per heavy atom. The molecule has 0 bridgehead atoms. The number of nitrogens with zero attached hydrogens (tertiary/aromatic N) is 2. The molecule has 0 spiro atoms. The second-order valence-electron chi connectivity index (χ2n) is 7.80. The Bertz CT molecular complexity index is 356. The van der Waals surface area contributed by atoms with Crippen LogP contribution >= 0.6 is 0 Å². The van der Waals surface area contributed by atoms with Crippen LogP contribution in [0.5, 0.6) is 0 Å². The van der Waals surface area contributed by atoms with E-state index in [1.54, 1.807) is 0 Å². The highest BCUT2D eigenvalue weighted by Gasteiger charge is 2.41. The van der Waals surface area contributed by atoms with Gasteiger partial charge in [-0.3, -0.25) is 10.1 Å². The van der Waals surface area contributed by atoms with E-state index in [9.17, 15) is 4.79 Å². The van der Waals surface area contributed by atoms with Crippen LogP contribution in [0.1, 0.15) is 47.0 Å². The van der Waals surface area contributed by atoms with Gasteiger partial charge >= 0.3 is 0 Å². The van der Waals surface area contributed by atoms with Crippen LogP contribution in [0.3, 0.4) is 0 Å². The van der Waals surface area contributed by atoms with Crippen LogP contribution in [0.4, 0.5) is 0 Å². The van der Waals surface area contributed by atoms with Gasteiger partial charge in [0.25, 0.3) is 0 Å². The predicted molar refractivity (Wildman–Crippen MR) is 86.9 cm³/mol. The number of hydrogen-bond acceptors (Lipinski definition) is 3. The fourth-order valence-corrected chi connectivity index (χ4v) is 3.80. The highest BCUT2D eigenvalue weighted by atomic mass is 16.2. The molecular formula is C17H33N3O. The van der Waals surface area contributed by atoms with Gasteiger partial charge < -0.3 is 9.80 Å². The highest BCUT2D eigenvalue weighted by Crippen LogP contribution is 2.25. The number of amides is 1. The lowest BCUT2D eigenvalue weighted by atomic mass is 9.97. The molecule has 2 saturated heterocycles. The Kier molecular flexibility index (Phi) is 5.67. The summed E-state index contributed by atoms with van der Waals surface area (Å²) in [6.45, 7) is 12.1. The lowest BCUT2D eigenvalue weighted by Gasteiger charge is -2.35. The summed E-state index contributed by atoms with van der Waals surface area (Å²) in [5.41, 5.74) is 0. The van der Waals surface area contributed by atoms with E-state index in [1.807, 2.05) is 0 Å². The van der Waals surface area contributed by atoms with Crippen LogP contribution in [-0.4, -0.2) is 54.6 Å². The number of nitrogens with one attached hydrogen (secondary N) is 1. The molecule has 2 aliphatic rings. The van der Waals surface area contributed by atoms with Crippen LogP contribution in [0, 0.1) is 17.8 Å². The number of hydrogen-bond donors (Lipinski definition) is 1. The van der Waals surface area contributed by atoms with Crippen LogP contribution in [0.25, 0.3) is 0 Å². The lowest BCUT2D eigenvalue weighted by molar-refractivity contribution is -0.131. The molecule has 122 valence electrons. The van der Waals surface area contributed by atoms with Gasteiger partial charge in [0.15, 0.2) is 0 Å². The molecule has 2 aliphatic heterocycles. The van der Waals surface area contributed by atoms with E-state index in [2.05, 4.69) is 49.9 Å². The van der Waals surface area contributed by atoms with Crippen molar-refractivity contribution in [1.82, 2.24) is 15.1 Å². The van der Waals surface area contributed by atoms with Crippen LogP contribution < -0.4 is 5.32 Å². The summed E-state index contributed by atoms with van der Waals surface area (Å²) >= 11 is 0. The van der Waals surface area contributed by atoms with Crippen molar-refractivity contribution in [3.8, 4) is 0 Å². The average Bonchev–Trinajstić information content (AvgIpc) is 2.67. The first-order valence-corrected chi connectivity index (χ1v) is 8.63. The minimum Gasteiger partial charge on any atom is -0.325 e. The van der Waals surface area contributed by atoms with E-state index < -0.39 is 0 Å². The first-order valence-electron chi connectivity index (χ1n) is 8.63. The molecular weight excluding hydrogens is 262 g/mol. The average molecular weight is 295 g/mol. The molecule has 0 radical (unpaired) electrons. The topological polar surface area (TPSA) is 35.6 Å². The zero-order valence-electron chi connectivity index (χ0n) is 14.4. The van der Waals surface area contributed by atoms with Crippen molar-refractivity contribution >= 4 is 5.91 Å². The number of carbonyl (C=O) groups is 1. The van der Waals surface area contributed by atoms with Crippen molar-refractivity contribution in [1.29, 1.82) is 0 Å². The first-order chi connectivity index (χ1) is 9.88. The normalized spacial score (nSPS) is 31.7. The zero-order valence-corrected chi connectivity index (χ0v) is 14.4. The van der Waals surface area contributed by atoms with Crippen molar-refractivity contribution < 1.29 is 4.79 Å². The second-order valence-corrected chi connectivity index (χ2v) is 7.80. The van der Waals surface area contributed by atoms with E-state index >= 15 is 0 Å². The van der Waals surface area contributed by atoms with Gasteiger partial charge in [-0.25, -0.2) is 0 Å². The fourth-order valence-electron chi connectivity index (χ4n) is 3.80. The third-order valence-corrected chi connectivity index (χ3v) is 4.80. The van der Waals surface area contributed by atoms with E-state index in [1.165, 1.54) is 19.4 Å². The third-order valence-electron chi connectivity index (χ3n) is 4.80. The third kappa shape index (κ3) is 4.19. The van der Waals surface area contributed by atoms with Crippen LogP contribution in [0.15, 0.2) is 0 Å². The minimum atomic E-state index is 0.0266. The van der Waals surface area contributed by atoms with Crippen molar-refractivity contribution in [2.75, 3.05) is 26.7 Å². The smallest absolute Gasteiger partial charge is 0.241 e. The van der Waals surface area contributed by atoms with E-state index in [-0.39, 0.29) is 12.2 Å². The number of piperidine rings is 1. The monoisotopic (exact) mass is 295 g/mol. The maximum Gasteiger partial charge on any atom is 0.241 e. The number of carbonyl (C=O) groups excluding carboxylic acids is 1. The Morgan fingerprint density at radius 3 is 2.57 bits per heavy atom. The molecule has 0 aromatic carbocycles. The van der Waals surface area contributed by atoms with Gasteiger partial charge in [0, 0.05) is 13.1 Å². The standard InChI is InChI=1S/C17H33N3O/c1-12(2)9-15-17(21)20(16(18-15)13(3)4)11-14-7-6-8-19(5)10-14/h12-16,18H,6-11H2,1-5H3. The summed E-state index contributed by atoms with van der Waals surface area (Å²) in [5, 5.41) is 3.59. The molecule has 1 N–H and O–H groups in total. The molecule has 2 rings (SSSR count). The number of likely N-dealkylation sites (tertiary alicyclic amines) is 1. The molecule has 0 saturated carbocycles. The molecule has 0 aliphatic carbocycles. The molecule has 2 heterocycles. The quantitative estimate of drug-likeness (QED) is 0.844. The number of rotatable bonds is 5. The summed E-state index contributed by atoms with van der Waals surface area (Å²) in [6, 6.07) is 0.0266. The van der Waals surface area contributed by atoms with Gasteiger partial charge in [-0.05, 0) is 50.6 Å². The van der Waals surface area contributed by atoms with Crippen molar-refractivity contribution in [3.63, 3.8) is 0 Å². The SMILES string of the molecule is CC(C)CC1NC(C(C)C)N(CC2CCCN(C)C2)C1=O. The van der Waals surface area contributed by atoms with Gasteiger partial charge in [0.05, 0.1) is 12.2 Å². The van der Waals surface area contributed by atoms with E-state index in [4.69, 9.17) is 0 Å². The molecule has 21 heavy (non-hydrogen) atoms. The predicted octanol–water partition coefficient (Wildman–Crippen LogP) is 2.16. The molecule has 0 aromatic rings. The minimum absolute atomic E-state index is 0.0266. The summed E-state index contributed by atoms with van der Waals surface area (Å²) < 4.78 is 0. The Morgan fingerprint density at radius 1 is 1.29 bits per heavy atom. The summed E-state index contributed by atoms with van der Waals surface area (Å²) in [7, 11) is 2.19. The Labute approximate surface area is 130 Å². The summed E-state index contributed by atoms with van der Waals surface area (Å²) in [6.07, 6.45) is 3.68. The van der Waals surface area contributed by atoms with Crippen molar-refractivity contribution in [2.45, 2.75) is 59.2 Å². The largest absolute Gasteiger partial charge is 0.325 e. The van der Waals surface area contributed by atoms with Crippen LogP contribution in [-0.2, 0) is 4.79 Å². The molecule has 1 amide bonds. The Balaban J connectivity index is 2.02. The van der Waals surface area contributed by atoms with Gasteiger partial charge in [-0.15, -0.1) is 0 Å². The molecule has 3 atom stereocenters. The van der Waals surface area contributed by atoms with Crippen molar-refractivity contribution in [2.24, 2.45) is 17.8 Å². The Hall–Kier alpha value is -0.610. The van der Waals surface area contributed by atoms with Crippen molar-refractivity contribution in [3.05, 3.63) is 0 Å². The highest BCUT2D eigenvalue weighted by molar-refractivity contribution is 5.84. The van der Waals surface area contributed by atoms with Crippen LogP contribution in [0.2, 0.25) is 0 Å². The van der Waals surface area contributed by atoms with Gasteiger partial charge in [0.2, 0.25) is 5.91 Å². The zero-order chi connectivity index (χ0) is 15.6.